The van der Waals surface area contributed by atoms with Gasteiger partial charge >= 0.3 is 0 Å². The Morgan fingerprint density at radius 2 is 2.03 bits per heavy atom. The summed E-state index contributed by atoms with van der Waals surface area (Å²) in [6.45, 7) is 4.88. The number of piperidine rings is 1. The lowest BCUT2D eigenvalue weighted by atomic mass is 9.85. The van der Waals surface area contributed by atoms with Crippen LogP contribution in [-0.4, -0.2) is 40.1 Å². The molecule has 7 nitrogen and oxygen atoms in total. The highest BCUT2D eigenvalue weighted by atomic mass is 16.5. The fraction of sp³-hybridized carbons (Fsp3) is 0.458. The molecule has 0 radical (unpaired) electrons. The van der Waals surface area contributed by atoms with Crippen molar-refractivity contribution >= 4 is 11.8 Å². The Balaban J connectivity index is 1.55. The van der Waals surface area contributed by atoms with Crippen molar-refractivity contribution in [1.82, 2.24) is 10.2 Å². The van der Waals surface area contributed by atoms with E-state index in [2.05, 4.69) is 5.32 Å². The van der Waals surface area contributed by atoms with Crippen molar-refractivity contribution in [2.75, 3.05) is 6.54 Å². The van der Waals surface area contributed by atoms with E-state index < -0.39 is 17.7 Å². The number of pyridine rings is 1. The van der Waals surface area contributed by atoms with E-state index in [-0.39, 0.29) is 18.4 Å². The van der Waals surface area contributed by atoms with Crippen molar-refractivity contribution in [2.24, 2.45) is 0 Å². The van der Waals surface area contributed by atoms with Crippen LogP contribution in [0.25, 0.3) is 0 Å². The number of likely N-dealkylation sites (tertiary alicyclic amines) is 1. The largest absolute Gasteiger partial charge is 0.484 e. The van der Waals surface area contributed by atoms with Crippen LogP contribution in [0.2, 0.25) is 0 Å². The fourth-order valence-electron chi connectivity index (χ4n) is 4.33. The van der Waals surface area contributed by atoms with Crippen LogP contribution in [0.5, 0.6) is 5.75 Å². The van der Waals surface area contributed by atoms with Crippen LogP contribution in [0.1, 0.15) is 50.3 Å². The highest BCUT2D eigenvalue weighted by Gasteiger charge is 2.48. The van der Waals surface area contributed by atoms with Crippen molar-refractivity contribution in [1.29, 1.82) is 0 Å². The minimum atomic E-state index is -0.871. The highest BCUT2D eigenvalue weighted by molar-refractivity contribution is 5.77. The molecule has 1 saturated heterocycles. The quantitative estimate of drug-likeness (QED) is 0.718. The van der Waals surface area contributed by atoms with E-state index >= 15 is 0 Å². The van der Waals surface area contributed by atoms with Crippen molar-refractivity contribution < 1.29 is 24.0 Å². The molecule has 0 saturated carbocycles. The first-order valence-electron chi connectivity index (χ1n) is 10.9. The number of carbonyl (C=O) groups is 2. The van der Waals surface area contributed by atoms with Gasteiger partial charge in [-0.15, -0.1) is 0 Å². The molecule has 1 aromatic carbocycles. The summed E-state index contributed by atoms with van der Waals surface area (Å²) in [5.41, 5.74) is 0.948. The second-order valence-electron chi connectivity index (χ2n) is 8.84. The number of benzene rings is 1. The first-order valence-corrected chi connectivity index (χ1v) is 10.9. The molecule has 2 amide bonds. The molecular formula is C24H30N3O4+. The molecule has 2 unspecified atom stereocenters. The van der Waals surface area contributed by atoms with Gasteiger partial charge in [-0.3, -0.25) is 9.59 Å². The number of nitrogens with one attached hydrogen (secondary N) is 1. The summed E-state index contributed by atoms with van der Waals surface area (Å²) < 4.78 is 7.82. The average molecular weight is 425 g/mol. The van der Waals surface area contributed by atoms with E-state index in [1.807, 2.05) is 56.4 Å². The van der Waals surface area contributed by atoms with E-state index in [1.54, 1.807) is 15.7 Å². The number of hydrogen-bond acceptors (Lipinski definition) is 4. The number of aliphatic hydroxyl groups is 1. The van der Waals surface area contributed by atoms with Crippen LogP contribution in [-0.2, 0) is 22.7 Å². The Morgan fingerprint density at radius 1 is 1.26 bits per heavy atom. The monoisotopic (exact) mass is 424 g/mol. The number of hydrogen-bond donors (Lipinski definition) is 2. The zero-order chi connectivity index (χ0) is 22.0. The van der Waals surface area contributed by atoms with Crippen molar-refractivity contribution in [3.63, 3.8) is 0 Å². The molecule has 1 fully saturated rings. The third kappa shape index (κ3) is 4.56. The molecule has 0 bridgehead atoms. The van der Waals surface area contributed by atoms with Gasteiger partial charge in [-0.2, -0.15) is 4.57 Å². The highest BCUT2D eigenvalue weighted by Crippen LogP contribution is 2.43. The molecule has 0 aliphatic carbocycles. The first kappa shape index (κ1) is 21.3. The van der Waals surface area contributed by atoms with E-state index in [4.69, 9.17) is 4.74 Å². The van der Waals surface area contributed by atoms with E-state index in [0.29, 0.717) is 25.3 Å². The van der Waals surface area contributed by atoms with Gasteiger partial charge in [0, 0.05) is 25.6 Å². The lowest BCUT2D eigenvalue weighted by Crippen LogP contribution is -2.56. The summed E-state index contributed by atoms with van der Waals surface area (Å²) in [6, 6.07) is 11.1. The van der Waals surface area contributed by atoms with Crippen LogP contribution in [0, 0.1) is 0 Å². The third-order valence-electron chi connectivity index (χ3n) is 6.06. The van der Waals surface area contributed by atoms with Gasteiger partial charge in [0.2, 0.25) is 12.5 Å². The molecule has 2 aliphatic heterocycles. The molecule has 2 aliphatic rings. The Labute approximate surface area is 182 Å². The second-order valence-corrected chi connectivity index (χ2v) is 8.84. The number of nitrogens with zero attached hydrogens (tertiary/aromatic N) is 2. The van der Waals surface area contributed by atoms with E-state index in [1.165, 1.54) is 0 Å². The minimum Gasteiger partial charge on any atom is -0.484 e. The lowest BCUT2D eigenvalue weighted by Gasteiger charge is -2.46. The molecule has 164 valence electrons. The predicted octanol–water partition coefficient (Wildman–Crippen LogP) is 1.88. The number of rotatable bonds is 5. The van der Waals surface area contributed by atoms with Crippen LogP contribution in [0.3, 0.4) is 0 Å². The fourth-order valence-corrected chi connectivity index (χ4v) is 4.33. The smallest absolute Gasteiger partial charge is 0.286 e. The summed E-state index contributed by atoms with van der Waals surface area (Å²) in [4.78, 5) is 26.9. The minimum absolute atomic E-state index is 0.0509. The van der Waals surface area contributed by atoms with Crippen molar-refractivity contribution in [2.45, 2.75) is 63.9 Å². The Hall–Kier alpha value is -2.93. The SMILES string of the molecule is CC1(C)Oc2cc[n+](CC(=O)NCc3ccccc3)cc2C(N2CCCCC2=O)C1O. The number of amides is 2. The summed E-state index contributed by atoms with van der Waals surface area (Å²) in [6.07, 6.45) is 5.03. The maximum atomic E-state index is 12.6. The number of ether oxygens (including phenoxy) is 1. The third-order valence-corrected chi connectivity index (χ3v) is 6.06. The van der Waals surface area contributed by atoms with Gasteiger partial charge in [-0.1, -0.05) is 30.3 Å². The van der Waals surface area contributed by atoms with E-state index in [0.717, 1.165) is 24.0 Å². The summed E-state index contributed by atoms with van der Waals surface area (Å²) in [7, 11) is 0. The molecule has 2 N–H and O–H groups in total. The maximum Gasteiger partial charge on any atom is 0.286 e. The van der Waals surface area contributed by atoms with Crippen LogP contribution in [0.15, 0.2) is 48.8 Å². The van der Waals surface area contributed by atoms with Crippen molar-refractivity contribution in [3.8, 4) is 5.75 Å². The predicted molar refractivity (Wildman–Crippen MR) is 114 cm³/mol. The number of aliphatic hydroxyl groups excluding tert-OH is 1. The molecule has 3 heterocycles. The summed E-state index contributed by atoms with van der Waals surface area (Å²) >= 11 is 0. The Morgan fingerprint density at radius 3 is 2.77 bits per heavy atom. The lowest BCUT2D eigenvalue weighted by molar-refractivity contribution is -0.685. The zero-order valence-corrected chi connectivity index (χ0v) is 18.1. The second kappa shape index (κ2) is 8.67. The summed E-state index contributed by atoms with van der Waals surface area (Å²) in [5, 5.41) is 14.0. The van der Waals surface area contributed by atoms with Gasteiger partial charge in [0.25, 0.3) is 5.91 Å². The Bertz CT molecular complexity index is 961. The number of fused-ring (bicyclic) bond motifs is 1. The molecule has 2 aromatic rings. The van der Waals surface area contributed by atoms with Gasteiger partial charge in [-0.25, -0.2) is 0 Å². The van der Waals surface area contributed by atoms with Gasteiger partial charge in [0.05, 0.1) is 11.6 Å². The summed E-state index contributed by atoms with van der Waals surface area (Å²) in [5.74, 6) is 0.576. The number of carbonyl (C=O) groups excluding carboxylic acids is 2. The zero-order valence-electron chi connectivity index (χ0n) is 18.1. The van der Waals surface area contributed by atoms with Gasteiger partial charge in [0.1, 0.15) is 17.5 Å². The molecule has 0 spiro atoms. The molecule has 7 heteroatoms. The standard InChI is InChI=1S/C24H29N3O4/c1-24(2)23(30)22(27-12-7-6-10-21(27)29)18-15-26(13-11-19(18)31-24)16-20(28)25-14-17-8-4-3-5-9-17/h3-5,8-9,11,13,15,22-23,30H,6-7,10,12,14,16H2,1-2H3/p+1. The Kier molecular flexibility index (Phi) is 5.96. The molecule has 1 aromatic heterocycles. The van der Waals surface area contributed by atoms with Gasteiger partial charge in [-0.05, 0) is 32.3 Å². The van der Waals surface area contributed by atoms with Crippen molar-refractivity contribution in [3.05, 3.63) is 59.9 Å². The number of aromatic nitrogens is 1. The van der Waals surface area contributed by atoms with Gasteiger partial charge in [0.15, 0.2) is 12.4 Å². The molecule has 4 rings (SSSR count). The average Bonchev–Trinajstić information content (AvgIpc) is 2.75. The van der Waals surface area contributed by atoms with Gasteiger partial charge < -0.3 is 20.1 Å². The molecule has 31 heavy (non-hydrogen) atoms. The van der Waals surface area contributed by atoms with E-state index in [9.17, 15) is 14.7 Å². The van der Waals surface area contributed by atoms with Crippen LogP contribution >= 0.6 is 0 Å². The normalized spacial score (nSPS) is 22.4. The van der Waals surface area contributed by atoms with Crippen LogP contribution < -0.4 is 14.6 Å². The maximum absolute atomic E-state index is 12.6. The molecular weight excluding hydrogens is 394 g/mol. The molecule has 2 atom stereocenters. The first-order chi connectivity index (χ1) is 14.8. The topological polar surface area (TPSA) is 82.8 Å². The van der Waals surface area contributed by atoms with Crippen LogP contribution in [0.4, 0.5) is 0 Å².